The lowest BCUT2D eigenvalue weighted by Crippen LogP contribution is -2.51. The molecule has 84 valence electrons. The van der Waals surface area contributed by atoms with Gasteiger partial charge in [0, 0.05) is 6.42 Å². The third-order valence-corrected chi connectivity index (χ3v) is 2.09. The zero-order chi connectivity index (χ0) is 11.4. The van der Waals surface area contributed by atoms with Gasteiger partial charge in [0.25, 0.3) is 0 Å². The van der Waals surface area contributed by atoms with Gasteiger partial charge >= 0.3 is 7.12 Å². The van der Waals surface area contributed by atoms with E-state index in [0.717, 1.165) is 12.7 Å². The van der Waals surface area contributed by atoms with Gasteiger partial charge in [-0.3, -0.25) is 0 Å². The van der Waals surface area contributed by atoms with Crippen molar-refractivity contribution >= 4 is 7.12 Å². The average molecular weight is 200 g/mol. The van der Waals surface area contributed by atoms with Gasteiger partial charge in [0.05, 0.1) is 11.2 Å². The van der Waals surface area contributed by atoms with Crippen LogP contribution in [0.2, 0.25) is 6.32 Å². The molecule has 3 heteroatoms. The highest BCUT2D eigenvalue weighted by atomic mass is 16.6. The molecule has 0 radical (unpaired) electrons. The maximum Gasteiger partial charge on any atom is 0.457 e. The van der Waals surface area contributed by atoms with Crippen LogP contribution < -0.4 is 0 Å². The van der Waals surface area contributed by atoms with Crippen molar-refractivity contribution in [2.24, 2.45) is 0 Å². The minimum atomic E-state index is -0.0393. The van der Waals surface area contributed by atoms with Crippen LogP contribution in [0.15, 0.2) is 0 Å². The van der Waals surface area contributed by atoms with E-state index in [1.54, 1.807) is 0 Å². The van der Waals surface area contributed by atoms with E-state index in [1.165, 1.54) is 0 Å². The minimum Gasteiger partial charge on any atom is -0.406 e. The molecule has 0 spiro atoms. The van der Waals surface area contributed by atoms with Gasteiger partial charge in [0.1, 0.15) is 0 Å². The van der Waals surface area contributed by atoms with Gasteiger partial charge < -0.3 is 9.31 Å². The summed E-state index contributed by atoms with van der Waals surface area (Å²) in [6, 6.07) is 0. The normalized spacial score (nSPS) is 23.8. The lowest BCUT2D eigenvalue weighted by molar-refractivity contribution is -0.0763. The molecular formula is C11H25BO2. The third kappa shape index (κ3) is 4.47. The van der Waals surface area contributed by atoms with Gasteiger partial charge in [-0.25, -0.2) is 0 Å². The highest BCUT2D eigenvalue weighted by molar-refractivity contribution is 6.44. The van der Waals surface area contributed by atoms with Crippen LogP contribution in [0, 0.1) is 0 Å². The van der Waals surface area contributed by atoms with Gasteiger partial charge in [-0.05, 0) is 34.0 Å². The van der Waals surface area contributed by atoms with E-state index in [2.05, 4.69) is 34.6 Å². The molecule has 0 unspecified atom stereocenters. The molecule has 1 heterocycles. The van der Waals surface area contributed by atoms with E-state index in [-0.39, 0.29) is 18.3 Å². The van der Waals surface area contributed by atoms with E-state index in [0.29, 0.717) is 0 Å². The maximum atomic E-state index is 5.74. The standard InChI is InChI=1S/C9H19BO2.C2H6/c1-6-10-11-8(2,3)7-9(4,5)12-10;1-2/h6-7H2,1-5H3;1-2H3. The number of hydrogen-bond donors (Lipinski definition) is 0. The Labute approximate surface area is 89.5 Å². The molecule has 2 nitrogen and oxygen atoms in total. The molecule has 0 saturated carbocycles. The Morgan fingerprint density at radius 3 is 1.64 bits per heavy atom. The van der Waals surface area contributed by atoms with Crippen molar-refractivity contribution in [3.05, 3.63) is 0 Å². The van der Waals surface area contributed by atoms with Crippen molar-refractivity contribution in [3.63, 3.8) is 0 Å². The molecule has 0 aromatic rings. The third-order valence-electron chi connectivity index (χ3n) is 2.09. The largest absolute Gasteiger partial charge is 0.457 e. The van der Waals surface area contributed by atoms with Crippen LogP contribution >= 0.6 is 0 Å². The highest BCUT2D eigenvalue weighted by Gasteiger charge is 2.41. The zero-order valence-electron chi connectivity index (χ0n) is 10.8. The van der Waals surface area contributed by atoms with Crippen molar-refractivity contribution < 1.29 is 9.31 Å². The summed E-state index contributed by atoms with van der Waals surface area (Å²) in [5.74, 6) is 0. The summed E-state index contributed by atoms with van der Waals surface area (Å²) in [6.07, 6.45) is 1.88. The molecule has 1 saturated heterocycles. The molecule has 0 aromatic carbocycles. The van der Waals surface area contributed by atoms with Crippen molar-refractivity contribution in [2.75, 3.05) is 0 Å². The van der Waals surface area contributed by atoms with Gasteiger partial charge in [0.2, 0.25) is 0 Å². The first-order chi connectivity index (χ1) is 6.35. The predicted octanol–water partition coefficient (Wildman–Crippen LogP) is 3.51. The van der Waals surface area contributed by atoms with Crippen LogP contribution in [0.3, 0.4) is 0 Å². The van der Waals surface area contributed by atoms with Crippen LogP contribution in [0.1, 0.15) is 54.9 Å². The van der Waals surface area contributed by atoms with Gasteiger partial charge in [0.15, 0.2) is 0 Å². The van der Waals surface area contributed by atoms with Crippen LogP contribution in [0.4, 0.5) is 0 Å². The molecule has 14 heavy (non-hydrogen) atoms. The molecule has 0 bridgehead atoms. The first-order valence-corrected chi connectivity index (χ1v) is 5.70. The van der Waals surface area contributed by atoms with Gasteiger partial charge in [-0.15, -0.1) is 0 Å². The molecular weight excluding hydrogens is 175 g/mol. The van der Waals surface area contributed by atoms with E-state index in [4.69, 9.17) is 9.31 Å². The second-order valence-corrected chi connectivity index (χ2v) is 4.77. The summed E-state index contributed by atoms with van der Waals surface area (Å²) in [7, 11) is -0.0243. The summed E-state index contributed by atoms with van der Waals surface area (Å²) >= 11 is 0. The Morgan fingerprint density at radius 2 is 1.36 bits per heavy atom. The summed E-state index contributed by atoms with van der Waals surface area (Å²) in [5, 5.41) is 0. The molecule has 1 fully saturated rings. The monoisotopic (exact) mass is 200 g/mol. The maximum absolute atomic E-state index is 5.74. The van der Waals surface area contributed by atoms with E-state index in [1.807, 2.05) is 13.8 Å². The Morgan fingerprint density at radius 1 is 1.00 bits per heavy atom. The quantitative estimate of drug-likeness (QED) is 0.603. The molecule has 1 aliphatic heterocycles. The van der Waals surface area contributed by atoms with E-state index >= 15 is 0 Å². The minimum absolute atomic E-state index is 0.0243. The average Bonchev–Trinajstić information content (AvgIpc) is 2.02. The predicted molar refractivity (Wildman–Crippen MR) is 62.5 cm³/mol. The topological polar surface area (TPSA) is 18.5 Å². The number of rotatable bonds is 1. The molecule has 0 amide bonds. The van der Waals surface area contributed by atoms with Gasteiger partial charge in [-0.2, -0.15) is 0 Å². The fraction of sp³-hybridized carbons (Fsp3) is 1.00. The van der Waals surface area contributed by atoms with Crippen molar-refractivity contribution in [1.82, 2.24) is 0 Å². The van der Waals surface area contributed by atoms with E-state index in [9.17, 15) is 0 Å². The Hall–Kier alpha value is -0.0151. The molecule has 1 rings (SSSR count). The Balaban J connectivity index is 0.000000791. The Bertz CT molecular complexity index is 151. The fourth-order valence-corrected chi connectivity index (χ4v) is 2.01. The van der Waals surface area contributed by atoms with Crippen molar-refractivity contribution in [2.45, 2.75) is 72.4 Å². The van der Waals surface area contributed by atoms with Crippen molar-refractivity contribution in [1.29, 1.82) is 0 Å². The molecule has 0 atom stereocenters. The second-order valence-electron chi connectivity index (χ2n) is 4.77. The lowest BCUT2D eigenvalue weighted by atomic mass is 9.77. The molecule has 0 aliphatic carbocycles. The first kappa shape index (κ1) is 14.0. The summed E-state index contributed by atoms with van der Waals surface area (Å²) in [5.41, 5.74) is -0.0785. The molecule has 0 aromatic heterocycles. The SMILES string of the molecule is CC.CCB1OC(C)(C)CC(C)(C)O1. The molecule has 1 aliphatic rings. The van der Waals surface area contributed by atoms with Crippen LogP contribution in [-0.4, -0.2) is 18.3 Å². The van der Waals surface area contributed by atoms with Gasteiger partial charge in [-0.1, -0.05) is 20.8 Å². The lowest BCUT2D eigenvalue weighted by Gasteiger charge is -2.44. The zero-order valence-corrected chi connectivity index (χ0v) is 10.8. The smallest absolute Gasteiger partial charge is 0.406 e. The summed E-state index contributed by atoms with van der Waals surface area (Å²) < 4.78 is 11.5. The second kappa shape index (κ2) is 5.17. The fourth-order valence-electron chi connectivity index (χ4n) is 2.01. The van der Waals surface area contributed by atoms with Crippen LogP contribution in [-0.2, 0) is 9.31 Å². The van der Waals surface area contributed by atoms with Crippen LogP contribution in [0.5, 0.6) is 0 Å². The summed E-state index contributed by atoms with van der Waals surface area (Å²) in [4.78, 5) is 0. The first-order valence-electron chi connectivity index (χ1n) is 5.70. The number of hydrogen-bond acceptors (Lipinski definition) is 2. The van der Waals surface area contributed by atoms with Crippen molar-refractivity contribution in [3.8, 4) is 0 Å². The molecule has 0 N–H and O–H groups in total. The Kier molecular flexibility index (Phi) is 5.17. The summed E-state index contributed by atoms with van der Waals surface area (Å²) in [6.45, 7) is 14.6. The highest BCUT2D eigenvalue weighted by Crippen LogP contribution is 2.33. The van der Waals surface area contributed by atoms with Crippen LogP contribution in [0.25, 0.3) is 0 Å². The van der Waals surface area contributed by atoms with E-state index < -0.39 is 0 Å².